The zero-order valence-electron chi connectivity index (χ0n) is 23.3. The lowest BCUT2D eigenvalue weighted by Crippen LogP contribution is -1.92. The highest BCUT2D eigenvalue weighted by Gasteiger charge is 2.18. The molecule has 0 saturated carbocycles. The van der Waals surface area contributed by atoms with Gasteiger partial charge in [-0.2, -0.15) is 0 Å². The molecule has 0 saturated heterocycles. The molecule has 0 fully saturated rings. The molecule has 0 aliphatic heterocycles. The summed E-state index contributed by atoms with van der Waals surface area (Å²) in [5.74, 6) is 0. The third-order valence-electron chi connectivity index (χ3n) is 8.71. The molecular weight excluding hydrogens is 522 g/mol. The van der Waals surface area contributed by atoms with Gasteiger partial charge in [-0.05, 0) is 61.8 Å². The fourth-order valence-corrected chi connectivity index (χ4v) is 6.78. The van der Waals surface area contributed by atoms with Gasteiger partial charge in [0, 0.05) is 33.5 Å². The van der Waals surface area contributed by atoms with Gasteiger partial charge in [0.1, 0.15) is 11.2 Å². The maximum atomic E-state index is 6.60. The minimum atomic E-state index is 0.872. The lowest BCUT2D eigenvalue weighted by atomic mass is 9.86. The maximum Gasteiger partial charge on any atom is 0.144 e. The number of fused-ring (bicyclic) bond motifs is 7. The predicted molar refractivity (Wildman–Crippen MR) is 180 cm³/mol. The summed E-state index contributed by atoms with van der Waals surface area (Å²) in [6.07, 6.45) is 2.02. The zero-order valence-corrected chi connectivity index (χ0v) is 23.3. The summed E-state index contributed by atoms with van der Waals surface area (Å²) in [5.41, 5.74) is 8.49. The number of rotatable bonds is 3. The minimum absolute atomic E-state index is 0.872. The van der Waals surface area contributed by atoms with Crippen molar-refractivity contribution in [3.63, 3.8) is 0 Å². The van der Waals surface area contributed by atoms with Crippen LogP contribution in [0.2, 0.25) is 0 Å². The largest absolute Gasteiger partial charge is 0.455 e. The van der Waals surface area contributed by atoms with E-state index in [2.05, 4.69) is 146 Å². The Morgan fingerprint density at radius 1 is 0.372 bits per heavy atom. The van der Waals surface area contributed by atoms with Crippen molar-refractivity contribution in [2.45, 2.75) is 0 Å². The van der Waals surface area contributed by atoms with Crippen LogP contribution in [-0.4, -0.2) is 4.98 Å². The summed E-state index contributed by atoms with van der Waals surface area (Å²) in [6, 6.07) is 51.6. The Bertz CT molecular complexity index is 2430. The number of hydrogen-bond acceptors (Lipinski definition) is 2. The molecule has 9 aromatic rings. The summed E-state index contributed by atoms with van der Waals surface area (Å²) >= 11 is 0. The first-order chi connectivity index (χ1) is 21.3. The molecule has 2 nitrogen and oxygen atoms in total. The standard InChI is InChI=1S/C41H25NO/c1-2-12-27(13-3-1)38-30-15-6-8-17-32(30)39(33-18-9-7-16-31(33)38)28-22-24-37(42-25-28)36-20-10-19-34-35-23-21-26-11-4-5-14-29(26)40(35)43-41(34)36/h1-25H. The summed E-state index contributed by atoms with van der Waals surface area (Å²) in [4.78, 5) is 5.04. The van der Waals surface area contributed by atoms with E-state index in [4.69, 9.17) is 9.40 Å². The molecule has 7 aromatic carbocycles. The number of para-hydroxylation sites is 1. The van der Waals surface area contributed by atoms with E-state index >= 15 is 0 Å². The Morgan fingerprint density at radius 2 is 0.953 bits per heavy atom. The molecule has 0 atom stereocenters. The predicted octanol–water partition coefficient (Wildman–Crippen LogP) is 11.4. The van der Waals surface area contributed by atoms with Crippen LogP contribution in [0.4, 0.5) is 0 Å². The van der Waals surface area contributed by atoms with Gasteiger partial charge in [0.05, 0.1) is 5.69 Å². The molecule has 2 heteroatoms. The molecule has 0 aliphatic rings. The topological polar surface area (TPSA) is 26.0 Å². The van der Waals surface area contributed by atoms with E-state index in [1.807, 2.05) is 6.20 Å². The summed E-state index contributed by atoms with van der Waals surface area (Å²) < 4.78 is 6.60. The SMILES string of the molecule is c1ccc(-c2c3ccccc3c(-c3ccc(-c4cccc5c4oc4c6ccccc6ccc54)nc3)c3ccccc23)cc1. The summed E-state index contributed by atoms with van der Waals surface area (Å²) in [6.45, 7) is 0. The molecule has 0 bridgehead atoms. The molecular formula is C41H25NO. The monoisotopic (exact) mass is 547 g/mol. The second kappa shape index (κ2) is 9.40. The molecule has 200 valence electrons. The van der Waals surface area contributed by atoms with Crippen LogP contribution in [0.1, 0.15) is 0 Å². The van der Waals surface area contributed by atoms with Gasteiger partial charge in [-0.3, -0.25) is 4.98 Å². The third kappa shape index (κ3) is 3.63. The van der Waals surface area contributed by atoms with E-state index in [0.717, 1.165) is 44.1 Å². The fourth-order valence-electron chi connectivity index (χ4n) is 6.78. The molecule has 0 radical (unpaired) electrons. The van der Waals surface area contributed by atoms with E-state index in [1.54, 1.807) is 0 Å². The van der Waals surface area contributed by atoms with Crippen molar-refractivity contribution >= 4 is 54.3 Å². The van der Waals surface area contributed by atoms with Crippen LogP contribution in [0.25, 0.3) is 87.8 Å². The molecule has 0 spiro atoms. The van der Waals surface area contributed by atoms with Gasteiger partial charge in [0.15, 0.2) is 0 Å². The Hall–Kier alpha value is -5.73. The number of pyridine rings is 1. The van der Waals surface area contributed by atoms with E-state index in [-0.39, 0.29) is 0 Å². The lowest BCUT2D eigenvalue weighted by molar-refractivity contribution is 0.673. The van der Waals surface area contributed by atoms with Gasteiger partial charge in [-0.15, -0.1) is 0 Å². The van der Waals surface area contributed by atoms with Gasteiger partial charge in [-0.25, -0.2) is 0 Å². The van der Waals surface area contributed by atoms with Crippen molar-refractivity contribution in [2.75, 3.05) is 0 Å². The Balaban J connectivity index is 1.24. The number of aromatic nitrogens is 1. The number of nitrogens with zero attached hydrogens (tertiary/aromatic N) is 1. The van der Waals surface area contributed by atoms with Crippen molar-refractivity contribution < 1.29 is 4.42 Å². The average Bonchev–Trinajstić information content (AvgIpc) is 3.47. The highest BCUT2D eigenvalue weighted by molar-refractivity contribution is 6.21. The highest BCUT2D eigenvalue weighted by atomic mass is 16.3. The number of benzene rings is 7. The smallest absolute Gasteiger partial charge is 0.144 e. The molecule has 0 unspecified atom stereocenters. The zero-order chi connectivity index (χ0) is 28.3. The highest BCUT2D eigenvalue weighted by Crippen LogP contribution is 2.44. The second-order valence-corrected chi connectivity index (χ2v) is 11.1. The first kappa shape index (κ1) is 23.9. The van der Waals surface area contributed by atoms with Crippen LogP contribution in [0.5, 0.6) is 0 Å². The van der Waals surface area contributed by atoms with E-state index in [9.17, 15) is 0 Å². The average molecular weight is 548 g/mol. The van der Waals surface area contributed by atoms with Crippen molar-refractivity contribution in [2.24, 2.45) is 0 Å². The molecule has 43 heavy (non-hydrogen) atoms. The van der Waals surface area contributed by atoms with Gasteiger partial charge in [0.25, 0.3) is 0 Å². The van der Waals surface area contributed by atoms with E-state index in [1.165, 1.54) is 43.6 Å². The van der Waals surface area contributed by atoms with Crippen LogP contribution in [-0.2, 0) is 0 Å². The van der Waals surface area contributed by atoms with Gasteiger partial charge in [-0.1, -0.05) is 127 Å². The second-order valence-electron chi connectivity index (χ2n) is 11.1. The van der Waals surface area contributed by atoms with Crippen LogP contribution in [0.15, 0.2) is 156 Å². The van der Waals surface area contributed by atoms with Gasteiger partial charge >= 0.3 is 0 Å². The third-order valence-corrected chi connectivity index (χ3v) is 8.71. The van der Waals surface area contributed by atoms with Crippen LogP contribution >= 0.6 is 0 Å². The fraction of sp³-hybridized carbons (Fsp3) is 0. The van der Waals surface area contributed by atoms with E-state index in [0.29, 0.717) is 0 Å². The maximum absolute atomic E-state index is 6.60. The lowest BCUT2D eigenvalue weighted by Gasteiger charge is -2.17. The molecule has 0 amide bonds. The Kier molecular flexibility index (Phi) is 5.23. The first-order valence-electron chi connectivity index (χ1n) is 14.6. The molecule has 2 aromatic heterocycles. The van der Waals surface area contributed by atoms with Crippen LogP contribution in [0.3, 0.4) is 0 Å². The molecule has 9 rings (SSSR count). The quantitative estimate of drug-likeness (QED) is 0.206. The molecule has 0 N–H and O–H groups in total. The van der Waals surface area contributed by atoms with Crippen LogP contribution in [0, 0.1) is 0 Å². The normalized spacial score (nSPS) is 11.7. The van der Waals surface area contributed by atoms with Crippen molar-refractivity contribution in [3.8, 4) is 33.5 Å². The van der Waals surface area contributed by atoms with Gasteiger partial charge in [0.2, 0.25) is 0 Å². The number of furan rings is 1. The minimum Gasteiger partial charge on any atom is -0.455 e. The van der Waals surface area contributed by atoms with Crippen molar-refractivity contribution in [3.05, 3.63) is 152 Å². The summed E-state index contributed by atoms with van der Waals surface area (Å²) in [5, 5.41) is 9.47. The molecule has 2 heterocycles. The first-order valence-corrected chi connectivity index (χ1v) is 14.6. The van der Waals surface area contributed by atoms with E-state index < -0.39 is 0 Å². The van der Waals surface area contributed by atoms with Crippen molar-refractivity contribution in [1.82, 2.24) is 4.98 Å². The Morgan fingerprint density at radius 3 is 1.63 bits per heavy atom. The Labute approximate surface area is 248 Å². The van der Waals surface area contributed by atoms with Crippen LogP contribution < -0.4 is 0 Å². The summed E-state index contributed by atoms with van der Waals surface area (Å²) in [7, 11) is 0. The molecule has 0 aliphatic carbocycles. The number of hydrogen-bond donors (Lipinski definition) is 0. The van der Waals surface area contributed by atoms with Gasteiger partial charge < -0.3 is 4.42 Å². The van der Waals surface area contributed by atoms with Crippen molar-refractivity contribution in [1.29, 1.82) is 0 Å².